The van der Waals surface area contributed by atoms with E-state index >= 15 is 0 Å². The Labute approximate surface area is 144 Å². The Kier molecular flexibility index (Phi) is 3.65. The van der Waals surface area contributed by atoms with Crippen molar-refractivity contribution in [3.8, 4) is 0 Å². The van der Waals surface area contributed by atoms with Gasteiger partial charge in [0.1, 0.15) is 5.84 Å². The minimum Gasteiger partial charge on any atom is -0.337 e. The minimum absolute atomic E-state index is 0.743. The highest BCUT2D eigenvalue weighted by Gasteiger charge is 2.16. The molecule has 1 aliphatic heterocycles. The Morgan fingerprint density at radius 1 is 0.909 bits per heavy atom. The largest absolute Gasteiger partial charge is 0.337 e. The Hall–Kier alpha value is -1.76. The van der Waals surface area contributed by atoms with Crippen LogP contribution in [-0.4, -0.2) is 11.7 Å². The molecule has 1 aliphatic rings. The molecule has 0 radical (unpaired) electrons. The van der Waals surface area contributed by atoms with Crippen LogP contribution in [0.1, 0.15) is 9.75 Å². The van der Waals surface area contributed by atoms with Crippen molar-refractivity contribution < 1.29 is 0 Å². The van der Waals surface area contributed by atoms with Gasteiger partial charge in [0.15, 0.2) is 5.84 Å². The van der Waals surface area contributed by atoms with Gasteiger partial charge in [0, 0.05) is 4.47 Å². The van der Waals surface area contributed by atoms with Gasteiger partial charge in [-0.15, -0.1) is 22.7 Å². The zero-order chi connectivity index (χ0) is 14.9. The summed E-state index contributed by atoms with van der Waals surface area (Å²) in [5, 5.41) is 7.51. The predicted molar refractivity (Wildman–Crippen MR) is 99.1 cm³/mol. The maximum absolute atomic E-state index is 4.77. The van der Waals surface area contributed by atoms with Crippen molar-refractivity contribution in [1.29, 1.82) is 0 Å². The molecule has 0 atom stereocenters. The quantitative estimate of drug-likeness (QED) is 0.616. The summed E-state index contributed by atoms with van der Waals surface area (Å²) in [7, 11) is 0. The first-order valence-corrected chi connectivity index (χ1v) is 9.16. The zero-order valence-electron chi connectivity index (χ0n) is 11.3. The molecule has 1 aromatic carbocycles. The second kappa shape index (κ2) is 5.79. The molecule has 3 heterocycles. The summed E-state index contributed by atoms with van der Waals surface area (Å²) >= 11 is 6.82. The van der Waals surface area contributed by atoms with Crippen LogP contribution in [-0.2, 0) is 0 Å². The number of fused-ring (bicyclic) bond motifs is 1. The molecule has 3 aromatic rings. The second-order valence-corrected chi connectivity index (χ2v) is 7.45. The first kappa shape index (κ1) is 13.9. The van der Waals surface area contributed by atoms with Gasteiger partial charge in [0.2, 0.25) is 0 Å². The third kappa shape index (κ3) is 2.65. The molecule has 0 saturated carbocycles. The highest BCUT2D eigenvalue weighted by Crippen LogP contribution is 2.32. The Morgan fingerprint density at radius 3 is 2.41 bits per heavy atom. The molecule has 3 nitrogen and oxygen atoms in total. The Morgan fingerprint density at radius 2 is 1.68 bits per heavy atom. The van der Waals surface area contributed by atoms with Crippen LogP contribution in [0.5, 0.6) is 0 Å². The number of nitrogens with zero attached hydrogens (tertiary/aromatic N) is 2. The summed E-state index contributed by atoms with van der Waals surface area (Å²) < 4.78 is 1.01. The van der Waals surface area contributed by atoms with Crippen molar-refractivity contribution in [3.63, 3.8) is 0 Å². The third-order valence-electron chi connectivity index (χ3n) is 3.15. The number of aliphatic imine (C=N–C) groups is 2. The topological polar surface area (TPSA) is 36.8 Å². The molecule has 0 unspecified atom stereocenters. The molecule has 6 heteroatoms. The number of thiophene rings is 2. The molecule has 2 aromatic heterocycles. The van der Waals surface area contributed by atoms with Gasteiger partial charge in [-0.3, -0.25) is 0 Å². The molecule has 0 aliphatic carbocycles. The summed E-state index contributed by atoms with van der Waals surface area (Å²) in [6.45, 7) is 0. The summed E-state index contributed by atoms with van der Waals surface area (Å²) in [5.74, 6) is 1.57. The van der Waals surface area contributed by atoms with Crippen LogP contribution in [0.25, 0.3) is 0 Å². The number of hydrogen-bond donors (Lipinski definition) is 1. The van der Waals surface area contributed by atoms with E-state index < -0.39 is 0 Å². The van der Waals surface area contributed by atoms with Crippen molar-refractivity contribution in [2.45, 2.75) is 0 Å². The predicted octanol–water partition coefficient (Wildman–Crippen LogP) is 5.52. The van der Waals surface area contributed by atoms with Crippen LogP contribution < -0.4 is 5.32 Å². The van der Waals surface area contributed by atoms with Crippen LogP contribution in [0, 0.1) is 0 Å². The Bertz CT molecular complexity index is 865. The fraction of sp³-hybridized carbons (Fsp3) is 0. The smallest absolute Gasteiger partial charge is 0.172 e. The fourth-order valence-corrected chi connectivity index (χ4v) is 3.84. The van der Waals surface area contributed by atoms with Crippen molar-refractivity contribution in [2.24, 2.45) is 9.98 Å². The molecule has 108 valence electrons. The SMILES string of the molecule is Brc1ccc2c(c1)NC(c1cccs1)=NC(c1cccs1)=N2. The lowest BCUT2D eigenvalue weighted by atomic mass is 10.2. The van der Waals surface area contributed by atoms with E-state index in [1.54, 1.807) is 22.7 Å². The number of amidine groups is 2. The number of anilines is 1. The average molecular weight is 388 g/mol. The van der Waals surface area contributed by atoms with Crippen LogP contribution in [0.3, 0.4) is 0 Å². The third-order valence-corrected chi connectivity index (χ3v) is 5.39. The molecular weight excluding hydrogens is 378 g/mol. The van der Waals surface area contributed by atoms with E-state index in [2.05, 4.69) is 27.3 Å². The number of rotatable bonds is 2. The van der Waals surface area contributed by atoms with E-state index in [0.717, 1.165) is 37.3 Å². The van der Waals surface area contributed by atoms with Gasteiger partial charge in [-0.05, 0) is 41.1 Å². The zero-order valence-corrected chi connectivity index (χ0v) is 14.5. The lowest BCUT2D eigenvalue weighted by Gasteiger charge is -2.08. The number of halogens is 1. The fourth-order valence-electron chi connectivity index (χ4n) is 2.15. The summed E-state index contributed by atoms with van der Waals surface area (Å²) in [4.78, 5) is 11.7. The molecule has 0 fully saturated rings. The summed E-state index contributed by atoms with van der Waals surface area (Å²) in [6.07, 6.45) is 0. The Balaban J connectivity index is 1.90. The maximum atomic E-state index is 4.77. The standard InChI is InChI=1S/C16H10BrN3S2/c17-10-5-6-11-12(9-10)19-16(14-4-2-8-22-14)20-15(18-11)13-3-1-7-21-13/h1-9H,(H,18,19,20). The number of nitrogens with one attached hydrogen (secondary N) is 1. The van der Waals surface area contributed by atoms with E-state index in [-0.39, 0.29) is 0 Å². The van der Waals surface area contributed by atoms with Gasteiger partial charge < -0.3 is 5.32 Å². The maximum Gasteiger partial charge on any atom is 0.172 e. The molecule has 1 N–H and O–H groups in total. The van der Waals surface area contributed by atoms with Gasteiger partial charge in [-0.2, -0.15) is 0 Å². The van der Waals surface area contributed by atoms with E-state index in [0.29, 0.717) is 0 Å². The van der Waals surface area contributed by atoms with E-state index in [1.165, 1.54) is 0 Å². The van der Waals surface area contributed by atoms with Crippen molar-refractivity contribution >= 4 is 61.6 Å². The summed E-state index contributed by atoms with van der Waals surface area (Å²) in [5.41, 5.74) is 1.84. The number of benzene rings is 1. The number of hydrogen-bond acceptors (Lipinski definition) is 5. The minimum atomic E-state index is 0.743. The van der Waals surface area contributed by atoms with Crippen LogP contribution in [0.4, 0.5) is 11.4 Å². The molecule has 4 rings (SSSR count). The molecular formula is C16H10BrN3S2. The first-order valence-electron chi connectivity index (χ1n) is 6.61. The molecule has 22 heavy (non-hydrogen) atoms. The van der Waals surface area contributed by atoms with Crippen LogP contribution in [0.2, 0.25) is 0 Å². The molecule has 0 spiro atoms. The van der Waals surface area contributed by atoms with Crippen LogP contribution >= 0.6 is 38.6 Å². The van der Waals surface area contributed by atoms with Crippen molar-refractivity contribution in [1.82, 2.24) is 0 Å². The van der Waals surface area contributed by atoms with E-state index in [9.17, 15) is 0 Å². The monoisotopic (exact) mass is 387 g/mol. The highest BCUT2D eigenvalue weighted by atomic mass is 79.9. The van der Waals surface area contributed by atoms with Gasteiger partial charge >= 0.3 is 0 Å². The second-order valence-electron chi connectivity index (χ2n) is 4.64. The average Bonchev–Trinajstić information content (AvgIpc) is 3.18. The van der Waals surface area contributed by atoms with E-state index in [4.69, 9.17) is 9.98 Å². The molecule has 0 bridgehead atoms. The normalized spacial score (nSPS) is 13.7. The van der Waals surface area contributed by atoms with Gasteiger partial charge in [0.25, 0.3) is 0 Å². The molecule has 0 saturated heterocycles. The van der Waals surface area contributed by atoms with Crippen molar-refractivity contribution in [2.75, 3.05) is 5.32 Å². The lowest BCUT2D eigenvalue weighted by Crippen LogP contribution is -2.13. The van der Waals surface area contributed by atoms with Gasteiger partial charge in [-0.1, -0.05) is 28.1 Å². The highest BCUT2D eigenvalue weighted by molar-refractivity contribution is 9.10. The van der Waals surface area contributed by atoms with E-state index in [1.807, 2.05) is 47.2 Å². The van der Waals surface area contributed by atoms with Crippen molar-refractivity contribution in [3.05, 3.63) is 67.5 Å². The lowest BCUT2D eigenvalue weighted by molar-refractivity contribution is 1.48. The first-order chi connectivity index (χ1) is 10.8. The molecule has 0 amide bonds. The van der Waals surface area contributed by atoms with Crippen LogP contribution in [0.15, 0.2) is 67.7 Å². The summed E-state index contributed by atoms with van der Waals surface area (Å²) in [6, 6.07) is 14.2. The van der Waals surface area contributed by atoms with Gasteiger partial charge in [0.05, 0.1) is 21.1 Å². The van der Waals surface area contributed by atoms with Gasteiger partial charge in [-0.25, -0.2) is 9.98 Å².